The van der Waals surface area contributed by atoms with E-state index in [1.165, 1.54) is 0 Å². The molecule has 1 aliphatic heterocycles. The number of benzene rings is 2. The highest BCUT2D eigenvalue weighted by Gasteiger charge is 2.39. The number of hydrogen-bond acceptors (Lipinski definition) is 5. The number of nitrogens with zero attached hydrogens (tertiary/aromatic N) is 1. The van der Waals surface area contributed by atoms with Crippen molar-refractivity contribution < 1.29 is 19.4 Å². The summed E-state index contributed by atoms with van der Waals surface area (Å²) >= 11 is 3.38. The number of carbonyl (C=O) groups excluding carboxylic acids is 2. The van der Waals surface area contributed by atoms with Gasteiger partial charge in [0.05, 0.1) is 12.1 Å². The first-order chi connectivity index (χ1) is 15.1. The van der Waals surface area contributed by atoms with E-state index in [9.17, 15) is 14.7 Å². The minimum atomic E-state index is -1.10. The zero-order valence-electron chi connectivity index (χ0n) is 18.5. The molecule has 7 nitrogen and oxygen atoms in total. The normalized spacial score (nSPS) is 18.6. The van der Waals surface area contributed by atoms with Crippen molar-refractivity contribution in [2.75, 3.05) is 11.9 Å². The third kappa shape index (κ3) is 6.54. The summed E-state index contributed by atoms with van der Waals surface area (Å²) in [4.78, 5) is 27.2. The van der Waals surface area contributed by atoms with Gasteiger partial charge in [-0.05, 0) is 63.4 Å². The van der Waals surface area contributed by atoms with Crippen LogP contribution in [0.3, 0.4) is 0 Å². The fraction of sp³-hybridized carbons (Fsp3) is 0.417. The highest BCUT2D eigenvalue weighted by Crippen LogP contribution is 2.28. The predicted octanol–water partition coefficient (Wildman–Crippen LogP) is 4.44. The standard InChI is InChI=1S/C24H30BrN3O4/c1-24(2,3)32-23(31)27-20(16-8-5-4-6-9-16)22(30)28-15-7-10-19(28)21(29)26-18-13-11-17(25)12-14-18/h4-6,8-9,11-14,19-20,22,30H,7,10,15H2,1-3H3,(H,26,29)(H,27,31)/t19-,20+,22?/m0/s1. The van der Waals surface area contributed by atoms with Crippen LogP contribution in [-0.4, -0.2) is 46.4 Å². The number of aliphatic hydroxyl groups is 1. The Morgan fingerprint density at radius 1 is 1.12 bits per heavy atom. The van der Waals surface area contributed by atoms with Gasteiger partial charge in [0.1, 0.15) is 11.8 Å². The monoisotopic (exact) mass is 503 g/mol. The van der Waals surface area contributed by atoms with Gasteiger partial charge >= 0.3 is 6.09 Å². The van der Waals surface area contributed by atoms with Crippen LogP contribution in [-0.2, 0) is 9.53 Å². The summed E-state index contributed by atoms with van der Waals surface area (Å²) in [5.41, 5.74) is 0.743. The van der Waals surface area contributed by atoms with Gasteiger partial charge in [0, 0.05) is 16.7 Å². The van der Waals surface area contributed by atoms with E-state index in [4.69, 9.17) is 4.74 Å². The van der Waals surface area contributed by atoms with Gasteiger partial charge in [-0.1, -0.05) is 46.3 Å². The Balaban J connectivity index is 1.77. The fourth-order valence-electron chi connectivity index (χ4n) is 3.76. The molecule has 1 aliphatic rings. The number of aliphatic hydroxyl groups excluding tert-OH is 1. The smallest absolute Gasteiger partial charge is 0.408 e. The molecule has 32 heavy (non-hydrogen) atoms. The molecular weight excluding hydrogens is 474 g/mol. The minimum absolute atomic E-state index is 0.187. The topological polar surface area (TPSA) is 90.9 Å². The second-order valence-electron chi connectivity index (χ2n) is 8.84. The van der Waals surface area contributed by atoms with Crippen LogP contribution in [0.25, 0.3) is 0 Å². The molecule has 0 aromatic heterocycles. The molecule has 3 N–H and O–H groups in total. The summed E-state index contributed by atoms with van der Waals surface area (Å²) in [6.07, 6.45) is -0.342. The summed E-state index contributed by atoms with van der Waals surface area (Å²) in [6.45, 7) is 5.88. The molecule has 0 saturated carbocycles. The number of alkyl carbamates (subject to hydrolysis) is 1. The van der Waals surface area contributed by atoms with Crippen LogP contribution < -0.4 is 10.6 Å². The van der Waals surface area contributed by atoms with Crippen molar-refractivity contribution in [3.8, 4) is 0 Å². The SMILES string of the molecule is CC(C)(C)OC(=O)N[C@H](c1ccccc1)C(O)N1CCC[C@H]1C(=O)Nc1ccc(Br)cc1. The molecule has 0 spiro atoms. The van der Waals surface area contributed by atoms with Crippen LogP contribution in [0.5, 0.6) is 0 Å². The van der Waals surface area contributed by atoms with E-state index in [1.54, 1.807) is 25.7 Å². The molecule has 0 aliphatic carbocycles. The zero-order valence-corrected chi connectivity index (χ0v) is 20.1. The van der Waals surface area contributed by atoms with E-state index in [1.807, 2.05) is 54.6 Å². The Kier molecular flexibility index (Phi) is 7.92. The summed E-state index contributed by atoms with van der Waals surface area (Å²) < 4.78 is 6.33. The van der Waals surface area contributed by atoms with Gasteiger partial charge < -0.3 is 20.5 Å². The van der Waals surface area contributed by atoms with Crippen molar-refractivity contribution in [2.45, 2.75) is 57.5 Å². The molecule has 2 aromatic carbocycles. The Bertz CT molecular complexity index is 915. The first-order valence-corrected chi connectivity index (χ1v) is 11.5. The quantitative estimate of drug-likeness (QED) is 0.542. The Morgan fingerprint density at radius 2 is 1.78 bits per heavy atom. The maximum absolute atomic E-state index is 13.0. The number of likely N-dealkylation sites (tertiary alicyclic amines) is 1. The molecule has 1 heterocycles. The summed E-state index contributed by atoms with van der Waals surface area (Å²) in [5.74, 6) is -0.187. The van der Waals surface area contributed by atoms with Crippen molar-refractivity contribution in [3.63, 3.8) is 0 Å². The average Bonchev–Trinajstić information content (AvgIpc) is 3.23. The maximum atomic E-state index is 13.0. The second-order valence-corrected chi connectivity index (χ2v) is 9.76. The summed E-state index contributed by atoms with van der Waals surface area (Å²) in [7, 11) is 0. The van der Waals surface area contributed by atoms with E-state index in [0.717, 1.165) is 16.5 Å². The van der Waals surface area contributed by atoms with E-state index in [2.05, 4.69) is 26.6 Å². The highest BCUT2D eigenvalue weighted by atomic mass is 79.9. The Hall–Kier alpha value is -2.42. The van der Waals surface area contributed by atoms with Gasteiger partial charge in [-0.15, -0.1) is 0 Å². The molecule has 8 heteroatoms. The van der Waals surface area contributed by atoms with E-state index in [0.29, 0.717) is 18.7 Å². The van der Waals surface area contributed by atoms with Crippen LogP contribution >= 0.6 is 15.9 Å². The molecule has 2 amide bonds. The summed E-state index contributed by atoms with van der Waals surface area (Å²) in [6, 6.07) is 15.3. The zero-order chi connectivity index (χ0) is 23.3. The number of carbonyl (C=O) groups is 2. The number of anilines is 1. The Morgan fingerprint density at radius 3 is 2.41 bits per heavy atom. The molecule has 3 atom stereocenters. The molecule has 1 saturated heterocycles. The van der Waals surface area contributed by atoms with Gasteiger partial charge in [-0.3, -0.25) is 9.69 Å². The third-order valence-electron chi connectivity index (χ3n) is 5.18. The number of rotatable bonds is 6. The molecule has 172 valence electrons. The van der Waals surface area contributed by atoms with Gasteiger partial charge in [0.15, 0.2) is 0 Å². The molecule has 1 unspecified atom stereocenters. The largest absolute Gasteiger partial charge is 0.444 e. The number of nitrogens with one attached hydrogen (secondary N) is 2. The van der Waals surface area contributed by atoms with Crippen molar-refractivity contribution in [3.05, 3.63) is 64.6 Å². The van der Waals surface area contributed by atoms with Crippen LogP contribution in [0.1, 0.15) is 45.2 Å². The van der Waals surface area contributed by atoms with Crippen molar-refractivity contribution >= 4 is 33.6 Å². The van der Waals surface area contributed by atoms with E-state index < -0.39 is 30.0 Å². The number of hydrogen-bond donors (Lipinski definition) is 3. The van der Waals surface area contributed by atoms with E-state index >= 15 is 0 Å². The lowest BCUT2D eigenvalue weighted by Crippen LogP contribution is -2.51. The number of halogens is 1. The second kappa shape index (κ2) is 10.5. The minimum Gasteiger partial charge on any atom is -0.444 e. The average molecular weight is 504 g/mol. The van der Waals surface area contributed by atoms with Crippen molar-refractivity contribution in [2.24, 2.45) is 0 Å². The predicted molar refractivity (Wildman–Crippen MR) is 127 cm³/mol. The summed E-state index contributed by atoms with van der Waals surface area (Å²) in [5, 5.41) is 17.0. The van der Waals surface area contributed by atoms with Gasteiger partial charge in [-0.25, -0.2) is 4.79 Å². The van der Waals surface area contributed by atoms with Crippen molar-refractivity contribution in [1.29, 1.82) is 0 Å². The fourth-order valence-corrected chi connectivity index (χ4v) is 4.03. The van der Waals surface area contributed by atoms with Crippen LogP contribution in [0.15, 0.2) is 59.1 Å². The van der Waals surface area contributed by atoms with Crippen LogP contribution in [0.4, 0.5) is 10.5 Å². The lowest BCUT2D eigenvalue weighted by atomic mass is 10.0. The van der Waals surface area contributed by atoms with Gasteiger partial charge in [-0.2, -0.15) is 0 Å². The lowest BCUT2D eigenvalue weighted by Gasteiger charge is -2.35. The molecular formula is C24H30BrN3O4. The van der Waals surface area contributed by atoms with Gasteiger partial charge in [0.2, 0.25) is 5.91 Å². The third-order valence-corrected chi connectivity index (χ3v) is 5.71. The lowest BCUT2D eigenvalue weighted by molar-refractivity contribution is -0.125. The molecule has 2 aromatic rings. The number of amides is 2. The molecule has 0 bridgehead atoms. The van der Waals surface area contributed by atoms with E-state index in [-0.39, 0.29) is 5.91 Å². The van der Waals surface area contributed by atoms with Crippen LogP contribution in [0, 0.1) is 0 Å². The molecule has 0 radical (unpaired) electrons. The Labute approximate surface area is 197 Å². The number of ether oxygens (including phenoxy) is 1. The maximum Gasteiger partial charge on any atom is 0.408 e. The first-order valence-electron chi connectivity index (χ1n) is 10.7. The van der Waals surface area contributed by atoms with Gasteiger partial charge in [0.25, 0.3) is 0 Å². The highest BCUT2D eigenvalue weighted by molar-refractivity contribution is 9.10. The molecule has 1 fully saturated rings. The first kappa shape index (κ1) is 24.2. The molecule has 3 rings (SSSR count). The van der Waals surface area contributed by atoms with Crippen LogP contribution in [0.2, 0.25) is 0 Å². The van der Waals surface area contributed by atoms with Crippen molar-refractivity contribution in [1.82, 2.24) is 10.2 Å².